The summed E-state index contributed by atoms with van der Waals surface area (Å²) in [7, 11) is 0. The van der Waals surface area contributed by atoms with Gasteiger partial charge in [0.15, 0.2) is 0 Å². The maximum absolute atomic E-state index is 12.5. The lowest BCUT2D eigenvalue weighted by atomic mass is 9.94. The number of likely N-dealkylation sites (tertiary alicyclic amines) is 1. The van der Waals surface area contributed by atoms with Crippen LogP contribution in [0.4, 0.5) is 5.82 Å². The van der Waals surface area contributed by atoms with E-state index in [-0.39, 0.29) is 5.91 Å². The highest BCUT2D eigenvalue weighted by molar-refractivity contribution is 7.14. The normalized spacial score (nSPS) is 18.5. The van der Waals surface area contributed by atoms with E-state index in [0.717, 1.165) is 39.4 Å². The minimum Gasteiger partial charge on any atom is -0.310 e. The van der Waals surface area contributed by atoms with Gasteiger partial charge >= 0.3 is 0 Å². The molecule has 6 nitrogen and oxygen atoms in total. The van der Waals surface area contributed by atoms with Crippen LogP contribution in [0.3, 0.4) is 0 Å². The summed E-state index contributed by atoms with van der Waals surface area (Å²) in [4.78, 5) is 19.1. The molecule has 1 N–H and O–H groups in total. The first-order chi connectivity index (χ1) is 13.6. The molecule has 3 heterocycles. The van der Waals surface area contributed by atoms with E-state index in [0.29, 0.717) is 17.8 Å². The quantitative estimate of drug-likeness (QED) is 0.728. The number of nitrogens with one attached hydrogen (secondary N) is 1. The third-order valence-corrected chi connectivity index (χ3v) is 6.89. The number of anilines is 1. The Hall–Kier alpha value is -2.38. The van der Waals surface area contributed by atoms with Crippen molar-refractivity contribution in [1.29, 1.82) is 0 Å². The first-order valence-electron chi connectivity index (χ1n) is 9.81. The van der Waals surface area contributed by atoms with E-state index in [9.17, 15) is 4.79 Å². The second kappa shape index (κ2) is 6.90. The zero-order valence-electron chi connectivity index (χ0n) is 15.9. The second-order valence-corrected chi connectivity index (χ2v) is 9.26. The number of piperidine rings is 1. The minimum atomic E-state index is 0.00880. The molecule has 1 spiro atoms. The average Bonchev–Trinajstić information content (AvgIpc) is 3.31. The molecule has 28 heavy (non-hydrogen) atoms. The molecule has 0 atom stereocenters. The van der Waals surface area contributed by atoms with Gasteiger partial charge in [-0.1, -0.05) is 23.5 Å². The highest BCUT2D eigenvalue weighted by Gasteiger charge is 2.44. The van der Waals surface area contributed by atoms with Crippen LogP contribution in [0.1, 0.15) is 30.7 Å². The number of hydrogen-bond donors (Lipinski definition) is 1. The van der Waals surface area contributed by atoms with Gasteiger partial charge in [-0.3, -0.25) is 9.69 Å². The summed E-state index contributed by atoms with van der Waals surface area (Å²) < 4.78 is 0. The molecule has 5 rings (SSSR count). The molecule has 1 aromatic carbocycles. The molecular weight excluding hydrogens is 370 g/mol. The molecule has 2 aliphatic rings. The van der Waals surface area contributed by atoms with Crippen molar-refractivity contribution < 1.29 is 4.79 Å². The van der Waals surface area contributed by atoms with Crippen LogP contribution in [0.2, 0.25) is 0 Å². The van der Waals surface area contributed by atoms with Gasteiger partial charge in [-0.05, 0) is 68.6 Å². The van der Waals surface area contributed by atoms with Crippen LogP contribution in [0.25, 0.3) is 21.3 Å². The van der Waals surface area contributed by atoms with Crippen LogP contribution in [-0.4, -0.2) is 45.6 Å². The monoisotopic (exact) mass is 393 g/mol. The number of fused-ring (bicyclic) bond motifs is 1. The van der Waals surface area contributed by atoms with Crippen molar-refractivity contribution in [3.05, 3.63) is 35.5 Å². The number of hydrogen-bond acceptors (Lipinski definition) is 6. The molecule has 3 aromatic rings. The predicted molar refractivity (Wildman–Crippen MR) is 111 cm³/mol. The van der Waals surface area contributed by atoms with Crippen molar-refractivity contribution in [2.24, 2.45) is 5.41 Å². The number of rotatable bonds is 4. The van der Waals surface area contributed by atoms with Crippen molar-refractivity contribution in [3.8, 4) is 10.6 Å². The zero-order valence-corrected chi connectivity index (χ0v) is 16.8. The van der Waals surface area contributed by atoms with Gasteiger partial charge in [-0.15, -0.1) is 10.2 Å². The van der Waals surface area contributed by atoms with Crippen LogP contribution in [-0.2, 0) is 4.79 Å². The van der Waals surface area contributed by atoms with Gasteiger partial charge in [0.25, 0.3) is 0 Å². The number of benzene rings is 1. The molecule has 1 saturated carbocycles. The Morgan fingerprint density at radius 2 is 1.96 bits per heavy atom. The van der Waals surface area contributed by atoms with Crippen molar-refractivity contribution in [3.63, 3.8) is 0 Å². The lowest BCUT2D eigenvalue weighted by molar-refractivity contribution is -0.117. The second-order valence-electron chi connectivity index (χ2n) is 8.08. The van der Waals surface area contributed by atoms with Gasteiger partial charge in [-0.2, -0.15) is 0 Å². The summed E-state index contributed by atoms with van der Waals surface area (Å²) in [6, 6.07) is 8.07. The SMILES string of the molecule is Cc1nnc(-c2ccc3cnc(NC(=O)CN4CCC5(CC4)CC5)cc3c2)s1. The minimum absolute atomic E-state index is 0.00880. The van der Waals surface area contributed by atoms with E-state index >= 15 is 0 Å². The van der Waals surface area contributed by atoms with Crippen LogP contribution < -0.4 is 5.32 Å². The summed E-state index contributed by atoms with van der Waals surface area (Å²) in [6.07, 6.45) is 7.04. The maximum atomic E-state index is 12.5. The van der Waals surface area contributed by atoms with E-state index in [4.69, 9.17) is 0 Å². The molecule has 0 unspecified atom stereocenters. The van der Waals surface area contributed by atoms with Crippen molar-refractivity contribution in [2.45, 2.75) is 32.6 Å². The fraction of sp³-hybridized carbons (Fsp3) is 0.429. The Balaban J connectivity index is 1.28. The number of pyridine rings is 1. The standard InChI is InChI=1S/C21H23N5OS/c1-14-24-25-20(28-14)15-2-3-16-12-22-18(11-17(16)10-15)23-19(27)13-26-8-6-21(4-5-21)7-9-26/h2-3,10-12H,4-9,13H2,1H3,(H,22,23,27). The number of carbonyl (C=O) groups is 1. The molecule has 2 fully saturated rings. The van der Waals surface area contributed by atoms with Gasteiger partial charge in [0.2, 0.25) is 5.91 Å². The Morgan fingerprint density at radius 3 is 2.68 bits per heavy atom. The molecule has 1 amide bonds. The Morgan fingerprint density at radius 1 is 1.14 bits per heavy atom. The number of aryl methyl sites for hydroxylation is 1. The molecule has 1 aliphatic carbocycles. The van der Waals surface area contributed by atoms with E-state index < -0.39 is 0 Å². The van der Waals surface area contributed by atoms with Crippen molar-refractivity contribution in [1.82, 2.24) is 20.1 Å². The number of amides is 1. The van der Waals surface area contributed by atoms with Crippen molar-refractivity contribution in [2.75, 3.05) is 25.0 Å². The van der Waals surface area contributed by atoms with E-state index in [1.807, 2.05) is 25.1 Å². The topological polar surface area (TPSA) is 71.0 Å². The van der Waals surface area contributed by atoms with Gasteiger partial charge in [0, 0.05) is 17.1 Å². The average molecular weight is 394 g/mol. The first kappa shape index (κ1) is 17.7. The van der Waals surface area contributed by atoms with Gasteiger partial charge in [0.05, 0.1) is 6.54 Å². The molecule has 0 radical (unpaired) electrons. The molecule has 2 aromatic heterocycles. The summed E-state index contributed by atoms with van der Waals surface area (Å²) in [6.45, 7) is 4.46. The first-order valence-corrected chi connectivity index (χ1v) is 10.6. The molecule has 1 saturated heterocycles. The third kappa shape index (κ3) is 3.64. The van der Waals surface area contributed by atoms with E-state index in [1.165, 1.54) is 25.7 Å². The third-order valence-electron chi connectivity index (χ3n) is 6.00. The predicted octanol–water partition coefficient (Wildman–Crippen LogP) is 3.88. The molecule has 7 heteroatoms. The summed E-state index contributed by atoms with van der Waals surface area (Å²) >= 11 is 1.57. The Kier molecular flexibility index (Phi) is 4.36. The fourth-order valence-corrected chi connectivity index (χ4v) is 4.69. The van der Waals surface area contributed by atoms with E-state index in [2.05, 4.69) is 31.5 Å². The lowest BCUT2D eigenvalue weighted by Crippen LogP contribution is -2.39. The van der Waals surface area contributed by atoms with Crippen LogP contribution in [0.5, 0.6) is 0 Å². The molecule has 1 aliphatic heterocycles. The van der Waals surface area contributed by atoms with Crippen LogP contribution >= 0.6 is 11.3 Å². The van der Waals surface area contributed by atoms with Crippen LogP contribution in [0.15, 0.2) is 30.5 Å². The molecule has 144 valence electrons. The summed E-state index contributed by atoms with van der Waals surface area (Å²) in [5, 5.41) is 15.2. The summed E-state index contributed by atoms with van der Waals surface area (Å²) in [5.41, 5.74) is 1.67. The number of carbonyl (C=O) groups excluding carboxylic acids is 1. The maximum Gasteiger partial charge on any atom is 0.239 e. The van der Waals surface area contributed by atoms with Crippen molar-refractivity contribution >= 4 is 33.8 Å². The lowest BCUT2D eigenvalue weighted by Gasteiger charge is -2.31. The van der Waals surface area contributed by atoms with Gasteiger partial charge < -0.3 is 5.32 Å². The van der Waals surface area contributed by atoms with Crippen LogP contribution in [0, 0.1) is 12.3 Å². The highest BCUT2D eigenvalue weighted by atomic mass is 32.1. The number of aromatic nitrogens is 3. The van der Waals surface area contributed by atoms with E-state index in [1.54, 1.807) is 17.5 Å². The smallest absolute Gasteiger partial charge is 0.239 e. The largest absolute Gasteiger partial charge is 0.310 e. The molecular formula is C21H23N5OS. The highest BCUT2D eigenvalue weighted by Crippen LogP contribution is 2.53. The zero-order chi connectivity index (χ0) is 19.1. The Bertz CT molecular complexity index is 1030. The number of nitrogens with zero attached hydrogens (tertiary/aromatic N) is 4. The van der Waals surface area contributed by atoms with Gasteiger partial charge in [-0.25, -0.2) is 4.98 Å². The fourth-order valence-electron chi connectivity index (χ4n) is 4.00. The molecule has 0 bridgehead atoms. The Labute approximate surface area is 168 Å². The van der Waals surface area contributed by atoms with Gasteiger partial charge in [0.1, 0.15) is 15.8 Å². The summed E-state index contributed by atoms with van der Waals surface area (Å²) in [5.74, 6) is 0.605.